The summed E-state index contributed by atoms with van der Waals surface area (Å²) >= 11 is 0. The van der Waals surface area contributed by atoms with Gasteiger partial charge in [-0.1, -0.05) is 36.9 Å². The van der Waals surface area contributed by atoms with Crippen LogP contribution in [0.1, 0.15) is 54.4 Å². The number of ether oxygens (including phenoxy) is 1. The molecule has 0 aliphatic carbocycles. The number of likely N-dealkylation sites (tertiary alicyclic amines) is 2. The van der Waals surface area contributed by atoms with Crippen LogP contribution >= 0.6 is 0 Å². The molecule has 0 unspecified atom stereocenters. The summed E-state index contributed by atoms with van der Waals surface area (Å²) < 4.78 is 6.07. The van der Waals surface area contributed by atoms with Crippen LogP contribution < -0.4 is 5.32 Å². The molecule has 2 aromatic rings. The first kappa shape index (κ1) is 37.1. The second-order valence-corrected chi connectivity index (χ2v) is 14.5. The fraction of sp³-hybridized carbons (Fsp3) is 0.538. The van der Waals surface area contributed by atoms with Crippen LogP contribution in [0.25, 0.3) is 6.08 Å². The lowest BCUT2D eigenvalue weighted by Crippen LogP contribution is -2.56. The molecule has 6 rings (SSSR count). The number of aliphatic carboxylic acids is 1. The van der Waals surface area contributed by atoms with E-state index >= 15 is 0 Å². The van der Waals surface area contributed by atoms with E-state index in [1.807, 2.05) is 35.2 Å². The SMILES string of the molecule is C=Cc1cc(C[C@@H](OC(=O)N2CCC(N3CCc4ccccc4NC3=O)CC2)C(=O)N2CCN(C3CCN(CCC(=O)O)CC3)CC2)cc(C)c1O. The summed E-state index contributed by atoms with van der Waals surface area (Å²) in [5.74, 6) is -0.880. The van der Waals surface area contributed by atoms with E-state index in [4.69, 9.17) is 9.84 Å². The Morgan fingerprint density at radius 3 is 2.33 bits per heavy atom. The van der Waals surface area contributed by atoms with Gasteiger partial charge in [-0.2, -0.15) is 0 Å². The number of nitrogens with zero attached hydrogens (tertiary/aromatic N) is 5. The minimum absolute atomic E-state index is 0.0126. The fourth-order valence-electron chi connectivity index (χ4n) is 8.12. The summed E-state index contributed by atoms with van der Waals surface area (Å²) in [6, 6.07) is 11.7. The van der Waals surface area contributed by atoms with Crippen LogP contribution in [0.2, 0.25) is 0 Å². The standard InChI is InChI=1S/C39H52N6O7/c1-3-29-25-28(24-27(2)36(29)48)26-34(37(49)43-22-20-42(21-23-43)31-9-14-41(15-10-31)16-13-35(46)47)52-39(51)44-17-11-32(12-18-44)45-19-8-30-6-4-5-7-33(30)40-38(45)50/h3-7,24-25,31-32,34,48H,1,8-23,26H2,2H3,(H,40,50)(H,46,47)/t34-/m1/s1. The number of carboxylic acid groups (broad SMARTS) is 1. The van der Waals surface area contributed by atoms with Crippen molar-refractivity contribution in [2.75, 3.05) is 70.8 Å². The summed E-state index contributed by atoms with van der Waals surface area (Å²) in [7, 11) is 0. The first-order valence-electron chi connectivity index (χ1n) is 18.6. The molecule has 0 radical (unpaired) electrons. The third-order valence-corrected chi connectivity index (χ3v) is 11.2. The monoisotopic (exact) mass is 716 g/mol. The molecule has 13 nitrogen and oxygen atoms in total. The average Bonchev–Trinajstić information content (AvgIpc) is 3.33. The van der Waals surface area contributed by atoms with E-state index in [1.54, 1.807) is 28.9 Å². The molecule has 4 heterocycles. The van der Waals surface area contributed by atoms with Gasteiger partial charge in [-0.05, 0) is 80.9 Å². The van der Waals surface area contributed by atoms with Crippen molar-refractivity contribution in [3.8, 4) is 5.75 Å². The van der Waals surface area contributed by atoms with Crippen molar-refractivity contribution < 1.29 is 34.1 Å². The van der Waals surface area contributed by atoms with E-state index in [1.165, 1.54) is 0 Å². The Morgan fingerprint density at radius 1 is 0.942 bits per heavy atom. The Kier molecular flexibility index (Phi) is 12.0. The maximum atomic E-state index is 14.1. The molecular weight excluding hydrogens is 664 g/mol. The van der Waals surface area contributed by atoms with Crippen molar-refractivity contribution in [2.45, 2.75) is 70.1 Å². The lowest BCUT2D eigenvalue weighted by molar-refractivity contribution is -0.143. The number of para-hydroxylation sites is 1. The van der Waals surface area contributed by atoms with Gasteiger partial charge in [0.2, 0.25) is 0 Å². The van der Waals surface area contributed by atoms with Gasteiger partial charge in [-0.15, -0.1) is 0 Å². The third-order valence-electron chi connectivity index (χ3n) is 11.2. The van der Waals surface area contributed by atoms with Crippen LogP contribution in [-0.4, -0.2) is 142 Å². The number of aryl methyl sites for hydroxylation is 1. The van der Waals surface area contributed by atoms with Crippen molar-refractivity contribution >= 4 is 35.8 Å². The van der Waals surface area contributed by atoms with Crippen molar-refractivity contribution in [3.63, 3.8) is 0 Å². The van der Waals surface area contributed by atoms with E-state index in [-0.39, 0.29) is 36.6 Å². The Morgan fingerprint density at radius 2 is 1.63 bits per heavy atom. The number of benzene rings is 2. The first-order chi connectivity index (χ1) is 25.1. The van der Waals surface area contributed by atoms with E-state index in [0.717, 1.165) is 49.2 Å². The molecule has 0 bridgehead atoms. The minimum Gasteiger partial charge on any atom is -0.507 e. The zero-order valence-electron chi connectivity index (χ0n) is 30.2. The smallest absolute Gasteiger partial charge is 0.410 e. The Balaban J connectivity index is 1.07. The summed E-state index contributed by atoms with van der Waals surface area (Å²) in [5, 5.41) is 22.5. The summed E-state index contributed by atoms with van der Waals surface area (Å²) in [6.45, 7) is 11.8. The van der Waals surface area contributed by atoms with E-state index < -0.39 is 18.2 Å². The number of phenols is 1. The summed E-state index contributed by atoms with van der Waals surface area (Å²) in [4.78, 5) is 61.9. The van der Waals surface area contributed by atoms with E-state index in [9.17, 15) is 24.3 Å². The number of urea groups is 1. The molecule has 3 N–H and O–H groups in total. The summed E-state index contributed by atoms with van der Waals surface area (Å²) in [5.41, 5.74) is 3.91. The van der Waals surface area contributed by atoms with Gasteiger partial charge in [-0.25, -0.2) is 9.59 Å². The average molecular weight is 717 g/mol. The molecule has 4 amide bonds. The molecule has 280 valence electrons. The predicted octanol–water partition coefficient (Wildman–Crippen LogP) is 4.03. The number of fused-ring (bicyclic) bond motifs is 1. The largest absolute Gasteiger partial charge is 0.507 e. The van der Waals surface area contributed by atoms with Crippen LogP contribution in [0.3, 0.4) is 0 Å². The Bertz CT molecular complexity index is 1630. The maximum Gasteiger partial charge on any atom is 0.410 e. The Hall–Kier alpha value is -4.62. The van der Waals surface area contributed by atoms with E-state index in [0.29, 0.717) is 82.4 Å². The van der Waals surface area contributed by atoms with Gasteiger partial charge in [-0.3, -0.25) is 14.5 Å². The van der Waals surface area contributed by atoms with Crippen molar-refractivity contribution in [1.29, 1.82) is 0 Å². The van der Waals surface area contributed by atoms with Crippen LogP contribution in [0.5, 0.6) is 5.75 Å². The molecule has 1 atom stereocenters. The van der Waals surface area contributed by atoms with Gasteiger partial charge >= 0.3 is 18.1 Å². The number of piperidine rings is 2. The first-order valence-corrected chi connectivity index (χ1v) is 18.6. The number of aromatic hydroxyl groups is 1. The number of piperazine rings is 1. The normalized spacial score (nSPS) is 20.1. The van der Waals surface area contributed by atoms with Gasteiger partial charge < -0.3 is 39.9 Å². The zero-order chi connectivity index (χ0) is 36.8. The van der Waals surface area contributed by atoms with Gasteiger partial charge in [0, 0.05) is 82.1 Å². The number of phenolic OH excluding ortho intramolecular Hbond substituents is 1. The highest BCUT2D eigenvalue weighted by molar-refractivity contribution is 5.91. The highest BCUT2D eigenvalue weighted by Crippen LogP contribution is 2.28. The van der Waals surface area contributed by atoms with Crippen LogP contribution in [0, 0.1) is 6.92 Å². The summed E-state index contributed by atoms with van der Waals surface area (Å²) in [6.07, 6.45) is 4.19. The van der Waals surface area contributed by atoms with Crippen LogP contribution in [-0.2, 0) is 27.2 Å². The molecule has 2 aromatic carbocycles. The maximum absolute atomic E-state index is 14.1. The highest BCUT2D eigenvalue weighted by Gasteiger charge is 2.36. The second-order valence-electron chi connectivity index (χ2n) is 14.5. The molecule has 0 spiro atoms. The molecule has 13 heteroatoms. The number of hydrogen-bond donors (Lipinski definition) is 3. The molecule has 4 aliphatic heterocycles. The molecule has 52 heavy (non-hydrogen) atoms. The highest BCUT2D eigenvalue weighted by atomic mass is 16.6. The van der Waals surface area contributed by atoms with Gasteiger partial charge in [0.1, 0.15) is 5.75 Å². The lowest BCUT2D eigenvalue weighted by atomic mass is 9.99. The molecule has 3 saturated heterocycles. The molecule has 4 aliphatic rings. The van der Waals surface area contributed by atoms with Crippen LogP contribution in [0.15, 0.2) is 43.0 Å². The van der Waals surface area contributed by atoms with Crippen molar-refractivity contribution in [1.82, 2.24) is 24.5 Å². The van der Waals surface area contributed by atoms with Gasteiger partial charge in [0.15, 0.2) is 6.10 Å². The number of carboxylic acids is 1. The fourth-order valence-corrected chi connectivity index (χ4v) is 8.12. The number of amides is 4. The van der Waals surface area contributed by atoms with Gasteiger partial charge in [0.25, 0.3) is 5.91 Å². The number of rotatable bonds is 10. The lowest BCUT2D eigenvalue weighted by Gasteiger charge is -2.43. The molecular formula is C39H52N6O7. The number of hydrogen-bond acceptors (Lipinski definition) is 8. The quantitative estimate of drug-likeness (QED) is 0.332. The topological polar surface area (TPSA) is 146 Å². The van der Waals surface area contributed by atoms with Gasteiger partial charge in [0.05, 0.1) is 6.42 Å². The third kappa shape index (κ3) is 8.87. The molecule has 0 saturated carbocycles. The number of carbonyl (C=O) groups is 4. The second kappa shape index (κ2) is 16.8. The van der Waals surface area contributed by atoms with Crippen molar-refractivity contribution in [3.05, 3.63) is 65.2 Å². The van der Waals surface area contributed by atoms with Crippen molar-refractivity contribution in [2.24, 2.45) is 0 Å². The molecule has 0 aromatic heterocycles. The van der Waals surface area contributed by atoms with E-state index in [2.05, 4.69) is 21.7 Å². The zero-order valence-corrected chi connectivity index (χ0v) is 30.2. The van der Waals surface area contributed by atoms with Crippen LogP contribution in [0.4, 0.5) is 15.3 Å². The Labute approximate surface area is 305 Å². The number of anilines is 1. The number of nitrogens with one attached hydrogen (secondary N) is 1. The minimum atomic E-state index is -1.05. The predicted molar refractivity (Wildman–Crippen MR) is 197 cm³/mol. The molecule has 3 fully saturated rings. The number of carbonyl (C=O) groups excluding carboxylic acids is 3.